The molecule has 1 heterocycles. The molecule has 2 aliphatic rings. The highest BCUT2D eigenvalue weighted by Crippen LogP contribution is 2.21. The first-order chi connectivity index (χ1) is 8.66. The maximum Gasteiger partial charge on any atom is 0.191 e. The van der Waals surface area contributed by atoms with Gasteiger partial charge < -0.3 is 15.5 Å². The molecular weight excluding hydrogens is 224 g/mol. The van der Waals surface area contributed by atoms with E-state index in [0.29, 0.717) is 12.1 Å². The van der Waals surface area contributed by atoms with Gasteiger partial charge in [-0.1, -0.05) is 19.3 Å². The van der Waals surface area contributed by atoms with E-state index < -0.39 is 0 Å². The van der Waals surface area contributed by atoms with Gasteiger partial charge in [-0.2, -0.15) is 0 Å². The summed E-state index contributed by atoms with van der Waals surface area (Å²) in [5.74, 6) is 0.791. The number of likely N-dealkylation sites (tertiary alicyclic amines) is 1. The Kier molecular flexibility index (Phi) is 4.87. The molecule has 0 bridgehead atoms. The van der Waals surface area contributed by atoms with Crippen LogP contribution >= 0.6 is 0 Å². The molecule has 1 aliphatic carbocycles. The van der Waals surface area contributed by atoms with E-state index in [1.54, 1.807) is 0 Å². The fourth-order valence-electron chi connectivity index (χ4n) is 3.09. The van der Waals surface area contributed by atoms with E-state index in [4.69, 9.17) is 10.7 Å². The maximum absolute atomic E-state index is 6.16. The Morgan fingerprint density at radius 2 is 1.67 bits per heavy atom. The molecule has 104 valence electrons. The van der Waals surface area contributed by atoms with Crippen LogP contribution in [0.5, 0.6) is 0 Å². The molecule has 0 spiro atoms. The summed E-state index contributed by atoms with van der Waals surface area (Å²) < 4.78 is 0. The summed E-state index contributed by atoms with van der Waals surface area (Å²) in [4.78, 5) is 9.33. The smallest absolute Gasteiger partial charge is 0.191 e. The summed E-state index contributed by atoms with van der Waals surface area (Å²) in [5.41, 5.74) is 6.16. The standard InChI is InChI=1S/C14H28N4/c1-17(2)13-8-10-18(11-9-13)14(15)16-12-6-4-3-5-7-12/h12-13H,3-11H2,1-2H3,(H2,15,16). The lowest BCUT2D eigenvalue weighted by Crippen LogP contribution is -2.47. The van der Waals surface area contributed by atoms with E-state index in [1.807, 2.05) is 0 Å². The van der Waals surface area contributed by atoms with Crippen LogP contribution in [0.2, 0.25) is 0 Å². The lowest BCUT2D eigenvalue weighted by Gasteiger charge is -2.36. The number of guanidine groups is 1. The van der Waals surface area contributed by atoms with Gasteiger partial charge >= 0.3 is 0 Å². The summed E-state index contributed by atoms with van der Waals surface area (Å²) in [6.45, 7) is 2.12. The van der Waals surface area contributed by atoms with E-state index in [1.165, 1.54) is 44.9 Å². The predicted octanol–water partition coefficient (Wildman–Crippen LogP) is 1.66. The van der Waals surface area contributed by atoms with Gasteiger partial charge in [-0.3, -0.25) is 0 Å². The van der Waals surface area contributed by atoms with Crippen LogP contribution in [0, 0.1) is 0 Å². The number of hydrogen-bond donors (Lipinski definition) is 1. The molecule has 2 rings (SSSR count). The molecule has 0 amide bonds. The van der Waals surface area contributed by atoms with Crippen molar-refractivity contribution in [1.82, 2.24) is 9.80 Å². The molecule has 18 heavy (non-hydrogen) atoms. The molecule has 1 aliphatic heterocycles. The van der Waals surface area contributed by atoms with Crippen LogP contribution < -0.4 is 5.73 Å². The van der Waals surface area contributed by atoms with Crippen molar-refractivity contribution in [2.24, 2.45) is 10.7 Å². The van der Waals surface area contributed by atoms with Crippen molar-refractivity contribution < 1.29 is 0 Å². The van der Waals surface area contributed by atoms with Crippen molar-refractivity contribution in [3.05, 3.63) is 0 Å². The monoisotopic (exact) mass is 252 g/mol. The lowest BCUT2D eigenvalue weighted by atomic mass is 9.96. The predicted molar refractivity (Wildman–Crippen MR) is 76.8 cm³/mol. The number of hydrogen-bond acceptors (Lipinski definition) is 2. The first kappa shape index (κ1) is 13.7. The van der Waals surface area contributed by atoms with Crippen molar-refractivity contribution in [3.63, 3.8) is 0 Å². The third-order valence-corrected chi connectivity index (χ3v) is 4.41. The van der Waals surface area contributed by atoms with Gasteiger partial charge in [0.1, 0.15) is 0 Å². The second-order valence-corrected chi connectivity index (χ2v) is 5.96. The molecule has 1 saturated carbocycles. The van der Waals surface area contributed by atoms with Crippen LogP contribution in [0.4, 0.5) is 0 Å². The van der Waals surface area contributed by atoms with Gasteiger partial charge in [-0.15, -0.1) is 0 Å². The summed E-state index contributed by atoms with van der Waals surface area (Å²) in [6.07, 6.45) is 8.89. The van der Waals surface area contributed by atoms with Crippen LogP contribution in [0.25, 0.3) is 0 Å². The maximum atomic E-state index is 6.16. The summed E-state index contributed by atoms with van der Waals surface area (Å²) in [7, 11) is 4.33. The van der Waals surface area contributed by atoms with Gasteiger partial charge in [0.05, 0.1) is 6.04 Å². The number of piperidine rings is 1. The minimum absolute atomic E-state index is 0.491. The average Bonchev–Trinajstić information content (AvgIpc) is 2.40. The lowest BCUT2D eigenvalue weighted by molar-refractivity contribution is 0.190. The van der Waals surface area contributed by atoms with Gasteiger partial charge in [0, 0.05) is 19.1 Å². The second kappa shape index (κ2) is 6.41. The van der Waals surface area contributed by atoms with Crippen LogP contribution in [-0.2, 0) is 0 Å². The third kappa shape index (κ3) is 3.61. The van der Waals surface area contributed by atoms with Crippen molar-refractivity contribution in [3.8, 4) is 0 Å². The molecule has 0 aromatic heterocycles. The molecule has 2 N–H and O–H groups in total. The van der Waals surface area contributed by atoms with Crippen molar-refractivity contribution in [2.45, 2.75) is 57.0 Å². The average molecular weight is 252 g/mol. The van der Waals surface area contributed by atoms with Gasteiger partial charge in [-0.05, 0) is 39.8 Å². The van der Waals surface area contributed by atoms with Crippen LogP contribution in [0.15, 0.2) is 4.99 Å². The third-order valence-electron chi connectivity index (χ3n) is 4.41. The minimum Gasteiger partial charge on any atom is -0.370 e. The fraction of sp³-hybridized carbons (Fsp3) is 0.929. The summed E-state index contributed by atoms with van der Waals surface area (Å²) in [6, 6.07) is 1.20. The molecule has 0 aromatic carbocycles. The molecule has 0 unspecified atom stereocenters. The first-order valence-corrected chi connectivity index (χ1v) is 7.41. The Labute approximate surface area is 111 Å². The Bertz CT molecular complexity index is 274. The number of rotatable bonds is 2. The van der Waals surface area contributed by atoms with Crippen molar-refractivity contribution in [2.75, 3.05) is 27.2 Å². The fourth-order valence-corrected chi connectivity index (χ4v) is 3.09. The Hall–Kier alpha value is -0.770. The normalized spacial score (nSPS) is 24.8. The van der Waals surface area contributed by atoms with E-state index in [2.05, 4.69) is 23.9 Å². The Morgan fingerprint density at radius 1 is 1.06 bits per heavy atom. The highest BCUT2D eigenvalue weighted by molar-refractivity contribution is 5.78. The van der Waals surface area contributed by atoms with Crippen molar-refractivity contribution in [1.29, 1.82) is 0 Å². The Morgan fingerprint density at radius 3 is 2.22 bits per heavy atom. The minimum atomic E-state index is 0.491. The van der Waals surface area contributed by atoms with E-state index in [-0.39, 0.29) is 0 Å². The largest absolute Gasteiger partial charge is 0.370 e. The van der Waals surface area contributed by atoms with Crippen LogP contribution in [0.1, 0.15) is 44.9 Å². The second-order valence-electron chi connectivity index (χ2n) is 5.96. The summed E-state index contributed by atoms with van der Waals surface area (Å²) in [5, 5.41) is 0. The molecule has 4 heteroatoms. The van der Waals surface area contributed by atoms with E-state index in [9.17, 15) is 0 Å². The number of aliphatic imine (C=N–C) groups is 1. The zero-order chi connectivity index (χ0) is 13.0. The van der Waals surface area contributed by atoms with Gasteiger partial charge in [0.2, 0.25) is 0 Å². The van der Waals surface area contributed by atoms with Gasteiger partial charge in [0.15, 0.2) is 5.96 Å². The van der Waals surface area contributed by atoms with Gasteiger partial charge in [-0.25, -0.2) is 4.99 Å². The molecule has 0 atom stereocenters. The topological polar surface area (TPSA) is 44.9 Å². The first-order valence-electron chi connectivity index (χ1n) is 7.41. The molecular formula is C14H28N4. The summed E-state index contributed by atoms with van der Waals surface area (Å²) >= 11 is 0. The number of nitrogens with zero attached hydrogens (tertiary/aromatic N) is 3. The molecule has 0 radical (unpaired) electrons. The van der Waals surface area contributed by atoms with Gasteiger partial charge in [0.25, 0.3) is 0 Å². The highest BCUT2D eigenvalue weighted by atomic mass is 15.3. The number of nitrogens with two attached hydrogens (primary N) is 1. The zero-order valence-electron chi connectivity index (χ0n) is 11.9. The molecule has 0 aromatic rings. The highest BCUT2D eigenvalue weighted by Gasteiger charge is 2.22. The molecule has 1 saturated heterocycles. The molecule has 4 nitrogen and oxygen atoms in total. The molecule has 2 fully saturated rings. The van der Waals surface area contributed by atoms with Crippen LogP contribution in [0.3, 0.4) is 0 Å². The van der Waals surface area contributed by atoms with E-state index in [0.717, 1.165) is 19.0 Å². The Balaban J connectivity index is 1.82. The van der Waals surface area contributed by atoms with E-state index >= 15 is 0 Å². The quantitative estimate of drug-likeness (QED) is 0.600. The SMILES string of the molecule is CN(C)C1CCN(C(N)=NC2CCCCC2)CC1. The van der Waals surface area contributed by atoms with Crippen molar-refractivity contribution >= 4 is 5.96 Å². The van der Waals surface area contributed by atoms with Crippen LogP contribution in [-0.4, -0.2) is 55.0 Å². The zero-order valence-corrected chi connectivity index (χ0v) is 11.9.